The van der Waals surface area contributed by atoms with E-state index in [0.717, 1.165) is 65.0 Å². The van der Waals surface area contributed by atoms with Crippen LogP contribution in [0.4, 0.5) is 0 Å². The summed E-state index contributed by atoms with van der Waals surface area (Å²) in [5.74, 6) is 1.66. The van der Waals surface area contributed by atoms with Crippen molar-refractivity contribution in [2.45, 2.75) is 155 Å². The van der Waals surface area contributed by atoms with Crippen LogP contribution in [-0.4, -0.2) is 102 Å². The first-order valence-electron chi connectivity index (χ1n) is 18.9. The molecule has 46 heavy (non-hydrogen) atoms. The Hall–Kier alpha value is -0.320. The number of aliphatic hydroxyl groups excluding tert-OH is 2. The second-order valence-corrected chi connectivity index (χ2v) is 19.1. The second kappa shape index (κ2) is 10.6. The molecule has 5 saturated carbocycles. The van der Waals surface area contributed by atoms with Crippen LogP contribution in [0.3, 0.4) is 0 Å². The van der Waals surface area contributed by atoms with Gasteiger partial charge in [0.25, 0.3) is 0 Å². The summed E-state index contributed by atoms with van der Waals surface area (Å²) in [6.45, 7) is 19.7. The number of rotatable bonds is 5. The summed E-state index contributed by atoms with van der Waals surface area (Å²) < 4.78 is 25.5. The van der Waals surface area contributed by atoms with Gasteiger partial charge in [0.15, 0.2) is 6.29 Å². The van der Waals surface area contributed by atoms with Gasteiger partial charge in [0.1, 0.15) is 6.10 Å². The van der Waals surface area contributed by atoms with Crippen LogP contribution in [0, 0.1) is 50.7 Å². The minimum absolute atomic E-state index is 0.0158. The van der Waals surface area contributed by atoms with Crippen molar-refractivity contribution >= 4 is 0 Å². The number of aliphatic hydroxyl groups is 3. The fourth-order valence-corrected chi connectivity index (χ4v) is 14.3. The van der Waals surface area contributed by atoms with Crippen molar-refractivity contribution in [2.24, 2.45) is 50.7 Å². The molecule has 0 aromatic carbocycles. The number of fused-ring (bicyclic) bond motifs is 4. The molecule has 262 valence electrons. The van der Waals surface area contributed by atoms with Gasteiger partial charge in [-0.3, -0.25) is 4.90 Å². The van der Waals surface area contributed by atoms with Crippen LogP contribution in [0.15, 0.2) is 0 Å². The third-order valence-electron chi connectivity index (χ3n) is 16.6. The molecule has 0 aromatic rings. The Labute approximate surface area is 277 Å². The molecular weight excluding hydrogens is 582 g/mol. The number of hydrogen-bond acceptors (Lipinski definition) is 8. The molecule has 0 bridgehead atoms. The molecule has 8 rings (SSSR count). The van der Waals surface area contributed by atoms with Crippen LogP contribution in [-0.2, 0) is 18.9 Å². The number of nitrogens with zero attached hydrogens (tertiary/aromatic N) is 1. The van der Waals surface area contributed by atoms with Gasteiger partial charge >= 0.3 is 0 Å². The molecule has 8 aliphatic rings. The Bertz CT molecular complexity index is 1180. The first kappa shape index (κ1) is 32.9. The van der Waals surface area contributed by atoms with E-state index in [9.17, 15) is 15.3 Å². The van der Waals surface area contributed by atoms with Gasteiger partial charge in [0.05, 0.1) is 43.2 Å². The zero-order valence-corrected chi connectivity index (χ0v) is 29.7. The largest absolute Gasteiger partial charge is 0.390 e. The lowest BCUT2D eigenvalue weighted by molar-refractivity contribution is -0.251. The van der Waals surface area contributed by atoms with Crippen LogP contribution in [0.25, 0.3) is 0 Å². The Morgan fingerprint density at radius 3 is 2.41 bits per heavy atom. The van der Waals surface area contributed by atoms with Crippen LogP contribution >= 0.6 is 0 Å². The lowest BCUT2D eigenvalue weighted by Gasteiger charge is -2.64. The molecular formula is C38H63NO7. The fraction of sp³-hybridized carbons (Fsp3) is 1.00. The molecule has 8 fully saturated rings. The average Bonchev–Trinajstić information content (AvgIpc) is 3.26. The van der Waals surface area contributed by atoms with E-state index >= 15 is 0 Å². The van der Waals surface area contributed by atoms with Crippen LogP contribution < -0.4 is 0 Å². The van der Waals surface area contributed by atoms with Crippen molar-refractivity contribution in [1.82, 2.24) is 4.90 Å². The van der Waals surface area contributed by atoms with Crippen LogP contribution in [0.5, 0.6) is 0 Å². The second-order valence-electron chi connectivity index (χ2n) is 19.1. The van der Waals surface area contributed by atoms with Gasteiger partial charge in [-0.2, -0.15) is 0 Å². The molecule has 15 atom stereocenters. The Balaban J connectivity index is 1.02. The summed E-state index contributed by atoms with van der Waals surface area (Å²) in [6.07, 6.45) is 7.91. The first-order chi connectivity index (χ1) is 21.6. The van der Waals surface area contributed by atoms with Crippen molar-refractivity contribution in [3.63, 3.8) is 0 Å². The molecule has 5 unspecified atom stereocenters. The highest BCUT2D eigenvalue weighted by molar-refractivity contribution is 5.33. The van der Waals surface area contributed by atoms with E-state index < -0.39 is 23.9 Å². The van der Waals surface area contributed by atoms with Gasteiger partial charge in [-0.05, 0) is 117 Å². The SMILES string of the molecule is C[C@@H]1CC([C@H](O)C(C)(C)O)OC2[C@H]1[C@@]1(C)CC[C@@]34C[C@@]35CCC(O[C@H]3CN(C6CCOC6)CCO3)C(C)(C)[C@@H]5CCC4[C@]1(C)[C@H]2O. The maximum Gasteiger partial charge on any atom is 0.170 e. The molecule has 2 spiro atoms. The van der Waals surface area contributed by atoms with Gasteiger partial charge in [-0.25, -0.2) is 0 Å². The topological polar surface area (TPSA) is 101 Å². The molecule has 8 nitrogen and oxygen atoms in total. The van der Waals surface area contributed by atoms with E-state index in [4.69, 9.17) is 18.9 Å². The Morgan fingerprint density at radius 1 is 0.957 bits per heavy atom. The van der Waals surface area contributed by atoms with E-state index in [1.54, 1.807) is 13.8 Å². The number of hydrogen-bond donors (Lipinski definition) is 3. The summed E-state index contributed by atoms with van der Waals surface area (Å²) >= 11 is 0. The predicted molar refractivity (Wildman–Crippen MR) is 174 cm³/mol. The van der Waals surface area contributed by atoms with Gasteiger partial charge in [-0.15, -0.1) is 0 Å². The van der Waals surface area contributed by atoms with Crippen LogP contribution in [0.2, 0.25) is 0 Å². The standard InChI is InChI=1S/C38H63NO7/c1-22-18-24(31(40)34(4,5)42)45-30-29(22)35(6)13-14-38-21-37(38)12-10-27(46-28-19-39(15-17-44-28)23-11-16-43-20-23)33(2,3)25(37)8-9-26(38)36(35,7)32(30)41/h22-32,40-42H,8-21H2,1-7H3/t22-,23?,24?,25+,26?,27?,28+,29+,30?,31+,32+,35-,36-,37-,38+/m1/s1. The van der Waals surface area contributed by atoms with E-state index in [0.29, 0.717) is 29.2 Å². The molecule has 5 aliphatic carbocycles. The van der Waals surface area contributed by atoms with Crippen LogP contribution in [0.1, 0.15) is 106 Å². The van der Waals surface area contributed by atoms with E-state index in [-0.39, 0.29) is 46.1 Å². The first-order valence-corrected chi connectivity index (χ1v) is 18.9. The summed E-state index contributed by atoms with van der Waals surface area (Å²) in [6, 6.07) is 0.498. The molecule has 3 heterocycles. The average molecular weight is 646 g/mol. The minimum atomic E-state index is -1.24. The zero-order chi connectivity index (χ0) is 32.7. The highest BCUT2D eigenvalue weighted by atomic mass is 16.7. The number of ether oxygens (including phenoxy) is 4. The lowest BCUT2D eigenvalue weighted by Crippen LogP contribution is -2.60. The third kappa shape index (κ3) is 4.26. The zero-order valence-electron chi connectivity index (χ0n) is 29.7. The normalized spacial score (nSPS) is 55.4. The molecule has 3 saturated heterocycles. The van der Waals surface area contributed by atoms with E-state index in [1.165, 1.54) is 25.7 Å². The minimum Gasteiger partial charge on any atom is -0.390 e. The van der Waals surface area contributed by atoms with Crippen molar-refractivity contribution in [3.05, 3.63) is 0 Å². The van der Waals surface area contributed by atoms with Gasteiger partial charge in [-0.1, -0.05) is 34.6 Å². The lowest BCUT2D eigenvalue weighted by atomic mass is 9.41. The molecule has 0 amide bonds. The molecule has 3 aliphatic heterocycles. The molecule has 0 radical (unpaired) electrons. The van der Waals surface area contributed by atoms with E-state index in [1.807, 2.05) is 0 Å². The Morgan fingerprint density at radius 2 is 1.70 bits per heavy atom. The van der Waals surface area contributed by atoms with Crippen molar-refractivity contribution in [2.75, 3.05) is 32.9 Å². The van der Waals surface area contributed by atoms with Crippen molar-refractivity contribution in [1.29, 1.82) is 0 Å². The van der Waals surface area contributed by atoms with Gasteiger partial charge < -0.3 is 34.3 Å². The monoisotopic (exact) mass is 645 g/mol. The maximum absolute atomic E-state index is 12.4. The third-order valence-corrected chi connectivity index (χ3v) is 16.6. The maximum atomic E-state index is 12.4. The quantitative estimate of drug-likeness (QED) is 0.394. The van der Waals surface area contributed by atoms with Crippen molar-refractivity contribution in [3.8, 4) is 0 Å². The van der Waals surface area contributed by atoms with Crippen molar-refractivity contribution < 1.29 is 34.3 Å². The Kier molecular flexibility index (Phi) is 7.57. The smallest absolute Gasteiger partial charge is 0.170 e. The fourth-order valence-electron chi connectivity index (χ4n) is 14.3. The molecule has 3 N–H and O–H groups in total. The summed E-state index contributed by atoms with van der Waals surface area (Å²) in [5, 5.41) is 34.1. The van der Waals surface area contributed by atoms with Gasteiger partial charge in [0, 0.05) is 31.2 Å². The van der Waals surface area contributed by atoms with E-state index in [2.05, 4.69) is 39.5 Å². The highest BCUT2D eigenvalue weighted by Crippen LogP contribution is 2.89. The molecule has 0 aromatic heterocycles. The summed E-state index contributed by atoms with van der Waals surface area (Å²) in [4.78, 5) is 2.53. The molecule has 8 heteroatoms. The summed E-state index contributed by atoms with van der Waals surface area (Å²) in [7, 11) is 0. The predicted octanol–water partition coefficient (Wildman–Crippen LogP) is 4.76. The summed E-state index contributed by atoms with van der Waals surface area (Å²) in [5.41, 5.74) is -0.804. The highest BCUT2D eigenvalue weighted by Gasteiger charge is 2.84. The number of morpholine rings is 1. The van der Waals surface area contributed by atoms with Gasteiger partial charge in [0.2, 0.25) is 0 Å².